The fourth-order valence-corrected chi connectivity index (χ4v) is 2.63. The third kappa shape index (κ3) is 2.25. The lowest BCUT2D eigenvalue weighted by Crippen LogP contribution is -2.29. The van der Waals surface area contributed by atoms with Crippen molar-refractivity contribution in [2.45, 2.75) is 50.0 Å². The van der Waals surface area contributed by atoms with E-state index in [1.165, 1.54) is 25.7 Å². The lowest BCUT2D eigenvalue weighted by Gasteiger charge is -2.29. The maximum absolute atomic E-state index is 5.79. The normalized spacial score (nSPS) is 20.6. The van der Waals surface area contributed by atoms with Gasteiger partial charge in [-0.05, 0) is 12.8 Å². The fraction of sp³-hybridized carbons (Fsp3) is 0.750. The number of methoxy groups -OCH3 is 1. The number of imidazole rings is 1. The Balaban J connectivity index is 2.24. The van der Waals surface area contributed by atoms with Gasteiger partial charge in [0.25, 0.3) is 0 Å². The first-order chi connectivity index (χ1) is 7.80. The van der Waals surface area contributed by atoms with Crippen LogP contribution >= 0.6 is 11.6 Å². The second-order valence-electron chi connectivity index (χ2n) is 4.50. The average Bonchev–Trinajstić information content (AvgIpc) is 2.68. The molecule has 1 fully saturated rings. The predicted molar refractivity (Wildman–Crippen MR) is 64.5 cm³/mol. The molecule has 0 amide bonds. The van der Waals surface area contributed by atoms with E-state index in [2.05, 4.69) is 9.97 Å². The molecule has 4 heteroatoms. The van der Waals surface area contributed by atoms with Gasteiger partial charge in [0.1, 0.15) is 11.4 Å². The Hall–Kier alpha value is -0.540. The molecule has 0 atom stereocenters. The van der Waals surface area contributed by atoms with Gasteiger partial charge in [0.15, 0.2) is 0 Å². The van der Waals surface area contributed by atoms with Crippen LogP contribution in [0.15, 0.2) is 6.20 Å². The van der Waals surface area contributed by atoms with Crippen LogP contribution in [0, 0.1) is 0 Å². The molecule has 1 saturated carbocycles. The first-order valence-corrected chi connectivity index (χ1v) is 6.50. The van der Waals surface area contributed by atoms with Crippen molar-refractivity contribution in [3.63, 3.8) is 0 Å². The zero-order chi connectivity index (χ0) is 11.4. The van der Waals surface area contributed by atoms with Gasteiger partial charge in [-0.3, -0.25) is 0 Å². The van der Waals surface area contributed by atoms with Crippen LogP contribution < -0.4 is 0 Å². The Labute approximate surface area is 102 Å². The minimum Gasteiger partial charge on any atom is -0.370 e. The number of aromatic amines is 1. The highest BCUT2D eigenvalue weighted by Gasteiger charge is 2.35. The highest BCUT2D eigenvalue weighted by molar-refractivity contribution is 6.16. The summed E-state index contributed by atoms with van der Waals surface area (Å²) in [5.74, 6) is 1.43. The van der Waals surface area contributed by atoms with Crippen molar-refractivity contribution in [2.75, 3.05) is 7.11 Å². The maximum atomic E-state index is 5.79. The molecular formula is C12H19ClN2O. The molecule has 0 radical (unpaired) electrons. The molecule has 1 aromatic rings. The minimum atomic E-state index is -0.208. The number of alkyl halides is 1. The molecule has 0 aliphatic heterocycles. The average molecular weight is 243 g/mol. The molecule has 0 unspecified atom stereocenters. The van der Waals surface area contributed by atoms with Crippen molar-refractivity contribution in [3.8, 4) is 0 Å². The Morgan fingerprint density at radius 1 is 1.38 bits per heavy atom. The molecule has 1 aliphatic carbocycles. The molecule has 2 rings (SSSR count). The summed E-state index contributed by atoms with van der Waals surface area (Å²) in [5.41, 5.74) is 0.762. The van der Waals surface area contributed by atoms with E-state index < -0.39 is 0 Å². The lowest BCUT2D eigenvalue weighted by molar-refractivity contribution is -0.0345. The van der Waals surface area contributed by atoms with E-state index in [0.717, 1.165) is 24.4 Å². The molecule has 1 aliphatic rings. The van der Waals surface area contributed by atoms with Crippen molar-refractivity contribution in [3.05, 3.63) is 17.7 Å². The molecule has 0 spiro atoms. The van der Waals surface area contributed by atoms with E-state index in [9.17, 15) is 0 Å². The van der Waals surface area contributed by atoms with Gasteiger partial charge in [-0.25, -0.2) is 4.98 Å². The van der Waals surface area contributed by atoms with Gasteiger partial charge in [-0.15, -0.1) is 11.6 Å². The number of H-pyrrole nitrogens is 1. The van der Waals surface area contributed by atoms with E-state index in [1.807, 2.05) is 6.20 Å². The second-order valence-corrected chi connectivity index (χ2v) is 4.77. The summed E-state index contributed by atoms with van der Waals surface area (Å²) in [7, 11) is 1.79. The molecule has 1 aromatic heterocycles. The number of rotatable bonds is 3. The van der Waals surface area contributed by atoms with E-state index in [4.69, 9.17) is 16.3 Å². The molecule has 90 valence electrons. The molecule has 0 bridgehead atoms. The van der Waals surface area contributed by atoms with Gasteiger partial charge >= 0.3 is 0 Å². The number of hydrogen-bond acceptors (Lipinski definition) is 2. The van der Waals surface area contributed by atoms with Crippen LogP contribution in [0.5, 0.6) is 0 Å². The lowest BCUT2D eigenvalue weighted by atomic mass is 9.93. The Bertz CT molecular complexity index is 330. The Morgan fingerprint density at radius 2 is 2.06 bits per heavy atom. The van der Waals surface area contributed by atoms with E-state index in [1.54, 1.807) is 7.11 Å². The molecule has 0 saturated heterocycles. The monoisotopic (exact) mass is 242 g/mol. The summed E-state index contributed by atoms with van der Waals surface area (Å²) in [5, 5.41) is 0. The third-order valence-corrected chi connectivity index (χ3v) is 3.79. The largest absolute Gasteiger partial charge is 0.370 e. The highest BCUT2D eigenvalue weighted by atomic mass is 35.5. The first kappa shape index (κ1) is 11.9. The topological polar surface area (TPSA) is 37.9 Å². The van der Waals surface area contributed by atoms with Crippen molar-refractivity contribution in [1.29, 1.82) is 0 Å². The van der Waals surface area contributed by atoms with Gasteiger partial charge in [0.2, 0.25) is 0 Å². The van der Waals surface area contributed by atoms with Gasteiger partial charge in [0.05, 0.1) is 5.88 Å². The number of aromatic nitrogens is 2. The summed E-state index contributed by atoms with van der Waals surface area (Å²) in [6, 6.07) is 0. The number of nitrogens with zero attached hydrogens (tertiary/aromatic N) is 1. The summed E-state index contributed by atoms with van der Waals surface area (Å²) in [4.78, 5) is 7.71. The van der Waals surface area contributed by atoms with Crippen molar-refractivity contribution < 1.29 is 4.74 Å². The predicted octanol–water partition coefficient (Wildman–Crippen LogP) is 3.34. The van der Waals surface area contributed by atoms with Crippen LogP contribution in [-0.4, -0.2) is 17.1 Å². The molecule has 16 heavy (non-hydrogen) atoms. The number of nitrogens with one attached hydrogen (secondary N) is 1. The SMILES string of the molecule is COC1(c2ncc(CCl)[nH]2)CCCCCC1. The Kier molecular flexibility index (Phi) is 3.87. The number of hydrogen-bond donors (Lipinski definition) is 1. The smallest absolute Gasteiger partial charge is 0.138 e. The summed E-state index contributed by atoms with van der Waals surface area (Å²) in [6.07, 6.45) is 8.95. The van der Waals surface area contributed by atoms with Crippen LogP contribution in [0.4, 0.5) is 0 Å². The van der Waals surface area contributed by atoms with Crippen LogP contribution in [0.3, 0.4) is 0 Å². The standard InChI is InChI=1S/C12H19ClN2O/c1-16-12(6-4-2-3-5-7-12)11-14-9-10(8-13)15-11/h9H,2-8H2,1H3,(H,14,15). The minimum absolute atomic E-state index is 0.208. The summed E-state index contributed by atoms with van der Waals surface area (Å²) >= 11 is 5.79. The molecule has 3 nitrogen and oxygen atoms in total. The van der Waals surface area contributed by atoms with Gasteiger partial charge in [-0.1, -0.05) is 25.7 Å². The van der Waals surface area contributed by atoms with Gasteiger partial charge in [-0.2, -0.15) is 0 Å². The quantitative estimate of drug-likeness (QED) is 0.652. The van der Waals surface area contributed by atoms with Crippen LogP contribution in [0.2, 0.25) is 0 Å². The maximum Gasteiger partial charge on any atom is 0.138 e. The zero-order valence-corrected chi connectivity index (χ0v) is 10.5. The number of ether oxygens (including phenoxy) is 1. The summed E-state index contributed by atoms with van der Waals surface area (Å²) < 4.78 is 5.77. The second kappa shape index (κ2) is 5.19. The van der Waals surface area contributed by atoms with Crippen LogP contribution in [-0.2, 0) is 16.2 Å². The van der Waals surface area contributed by atoms with E-state index in [0.29, 0.717) is 5.88 Å². The van der Waals surface area contributed by atoms with E-state index in [-0.39, 0.29) is 5.60 Å². The summed E-state index contributed by atoms with van der Waals surface area (Å²) in [6.45, 7) is 0. The van der Waals surface area contributed by atoms with Crippen LogP contribution in [0.1, 0.15) is 50.0 Å². The third-order valence-electron chi connectivity index (χ3n) is 3.51. The van der Waals surface area contributed by atoms with Gasteiger partial charge in [0, 0.05) is 19.0 Å². The van der Waals surface area contributed by atoms with Crippen molar-refractivity contribution in [1.82, 2.24) is 9.97 Å². The Morgan fingerprint density at radius 3 is 2.56 bits per heavy atom. The number of halogens is 1. The van der Waals surface area contributed by atoms with E-state index >= 15 is 0 Å². The molecular weight excluding hydrogens is 224 g/mol. The zero-order valence-electron chi connectivity index (χ0n) is 9.76. The fourth-order valence-electron chi connectivity index (χ4n) is 2.50. The van der Waals surface area contributed by atoms with Crippen molar-refractivity contribution in [2.24, 2.45) is 0 Å². The first-order valence-electron chi connectivity index (χ1n) is 5.96. The highest BCUT2D eigenvalue weighted by Crippen LogP contribution is 2.37. The molecule has 1 heterocycles. The molecule has 1 N–H and O–H groups in total. The van der Waals surface area contributed by atoms with Gasteiger partial charge < -0.3 is 9.72 Å². The van der Waals surface area contributed by atoms with Crippen molar-refractivity contribution >= 4 is 11.6 Å². The van der Waals surface area contributed by atoms with Crippen LogP contribution in [0.25, 0.3) is 0 Å². The molecule has 0 aromatic carbocycles.